The molecule has 0 aliphatic carbocycles. The highest BCUT2D eigenvalue weighted by molar-refractivity contribution is 6.30. The lowest BCUT2D eigenvalue weighted by molar-refractivity contribution is 0.0778. The Bertz CT molecular complexity index is 680. The molecule has 0 N–H and O–H groups in total. The number of hydrogen-bond donors (Lipinski definition) is 0. The summed E-state index contributed by atoms with van der Waals surface area (Å²) in [5.41, 5.74) is 2.44. The summed E-state index contributed by atoms with van der Waals surface area (Å²) in [5, 5.41) is 5.11. The van der Waals surface area contributed by atoms with E-state index in [-0.39, 0.29) is 11.8 Å². The number of ether oxygens (including phenoxy) is 1. The second kappa shape index (κ2) is 8.31. The van der Waals surface area contributed by atoms with Crippen molar-refractivity contribution in [2.45, 2.75) is 26.2 Å². The lowest BCUT2D eigenvalue weighted by Crippen LogP contribution is -2.29. The van der Waals surface area contributed by atoms with Gasteiger partial charge in [0.05, 0.1) is 23.1 Å². The van der Waals surface area contributed by atoms with Gasteiger partial charge in [-0.05, 0) is 36.6 Å². The van der Waals surface area contributed by atoms with Crippen LogP contribution in [-0.2, 0) is 4.74 Å². The third kappa shape index (κ3) is 4.16. The van der Waals surface area contributed by atoms with Crippen LogP contribution in [-0.4, -0.2) is 47.9 Å². The number of carbonyl (C=O) groups is 1. The van der Waals surface area contributed by atoms with Crippen LogP contribution in [0.25, 0.3) is 5.69 Å². The first-order valence-electron chi connectivity index (χ1n) is 8.04. The molecule has 0 fully saturated rings. The van der Waals surface area contributed by atoms with E-state index in [0.29, 0.717) is 23.7 Å². The summed E-state index contributed by atoms with van der Waals surface area (Å²) in [6.07, 6.45) is 2.46. The summed E-state index contributed by atoms with van der Waals surface area (Å²) in [4.78, 5) is 14.5. The van der Waals surface area contributed by atoms with Crippen LogP contribution in [0.15, 0.2) is 30.5 Å². The minimum Gasteiger partial charge on any atom is -0.385 e. The first-order valence-corrected chi connectivity index (χ1v) is 8.41. The number of aromatic nitrogens is 2. The van der Waals surface area contributed by atoms with Crippen LogP contribution in [0.2, 0.25) is 5.02 Å². The Morgan fingerprint density at radius 3 is 2.58 bits per heavy atom. The van der Waals surface area contributed by atoms with Gasteiger partial charge in [0.25, 0.3) is 5.91 Å². The lowest BCUT2D eigenvalue weighted by Gasteiger charge is -2.18. The minimum atomic E-state index is -0.0185. The highest BCUT2D eigenvalue weighted by Gasteiger charge is 2.23. The minimum absolute atomic E-state index is 0.0185. The summed E-state index contributed by atoms with van der Waals surface area (Å²) < 4.78 is 6.86. The van der Waals surface area contributed by atoms with Gasteiger partial charge in [-0.15, -0.1) is 0 Å². The van der Waals surface area contributed by atoms with Gasteiger partial charge in [0.2, 0.25) is 0 Å². The van der Waals surface area contributed by atoms with Crippen molar-refractivity contribution in [1.82, 2.24) is 14.7 Å². The van der Waals surface area contributed by atoms with E-state index in [0.717, 1.165) is 17.8 Å². The SMILES string of the molecule is COCCCN(C)C(=O)c1cnn(-c2ccc(Cl)cc2)c1C(C)C. The predicted molar refractivity (Wildman–Crippen MR) is 96.1 cm³/mol. The van der Waals surface area contributed by atoms with Gasteiger partial charge in [0.15, 0.2) is 0 Å². The molecule has 6 heteroatoms. The molecule has 1 aromatic carbocycles. The number of methoxy groups -OCH3 is 1. The van der Waals surface area contributed by atoms with Gasteiger partial charge in [-0.3, -0.25) is 4.79 Å². The highest BCUT2D eigenvalue weighted by Crippen LogP contribution is 2.24. The molecule has 0 bridgehead atoms. The largest absolute Gasteiger partial charge is 0.385 e. The van der Waals surface area contributed by atoms with Gasteiger partial charge >= 0.3 is 0 Å². The molecule has 24 heavy (non-hydrogen) atoms. The van der Waals surface area contributed by atoms with Gasteiger partial charge in [-0.2, -0.15) is 5.10 Å². The predicted octanol–water partition coefficient (Wildman–Crippen LogP) is 3.76. The van der Waals surface area contributed by atoms with E-state index in [9.17, 15) is 4.79 Å². The monoisotopic (exact) mass is 349 g/mol. The highest BCUT2D eigenvalue weighted by atomic mass is 35.5. The van der Waals surface area contributed by atoms with E-state index in [1.54, 1.807) is 18.2 Å². The number of rotatable bonds is 7. The van der Waals surface area contributed by atoms with Gasteiger partial charge in [-0.25, -0.2) is 4.68 Å². The van der Waals surface area contributed by atoms with Gasteiger partial charge in [0.1, 0.15) is 0 Å². The van der Waals surface area contributed by atoms with Crippen LogP contribution in [0.1, 0.15) is 42.2 Å². The molecule has 0 saturated heterocycles. The van der Waals surface area contributed by atoms with E-state index >= 15 is 0 Å². The second-order valence-electron chi connectivity index (χ2n) is 6.06. The zero-order chi connectivity index (χ0) is 17.7. The molecule has 5 nitrogen and oxygen atoms in total. The summed E-state index contributed by atoms with van der Waals surface area (Å²) >= 11 is 5.96. The van der Waals surface area contributed by atoms with E-state index in [2.05, 4.69) is 18.9 Å². The molecule has 1 amide bonds. The Balaban J connectivity index is 2.31. The molecule has 0 unspecified atom stereocenters. The third-order valence-electron chi connectivity index (χ3n) is 3.84. The molecule has 2 aromatic rings. The fourth-order valence-electron chi connectivity index (χ4n) is 2.62. The summed E-state index contributed by atoms with van der Waals surface area (Å²) in [6.45, 7) is 5.41. The molecule has 2 rings (SSSR count). The Labute approximate surface area is 148 Å². The van der Waals surface area contributed by atoms with Crippen LogP contribution >= 0.6 is 11.6 Å². The number of nitrogens with zero attached hydrogens (tertiary/aromatic N) is 3. The van der Waals surface area contributed by atoms with Crippen molar-refractivity contribution < 1.29 is 9.53 Å². The van der Waals surface area contributed by atoms with Crippen molar-refractivity contribution in [2.75, 3.05) is 27.3 Å². The zero-order valence-corrected chi connectivity index (χ0v) is 15.4. The molecule has 1 heterocycles. The van der Waals surface area contributed by atoms with Crippen LogP contribution in [0, 0.1) is 0 Å². The molecule has 0 aliphatic rings. The smallest absolute Gasteiger partial charge is 0.257 e. The van der Waals surface area contributed by atoms with Crippen molar-refractivity contribution in [3.8, 4) is 5.69 Å². The standard InChI is InChI=1S/C18H24ClN3O2/c1-13(2)17-16(18(23)21(3)10-5-11-24-4)12-20-22(17)15-8-6-14(19)7-9-15/h6-9,12-13H,5,10-11H2,1-4H3. The first-order chi connectivity index (χ1) is 11.5. The number of halogens is 1. The molecule has 0 radical (unpaired) electrons. The average Bonchev–Trinajstić information content (AvgIpc) is 3.00. The fourth-order valence-corrected chi connectivity index (χ4v) is 2.75. The van der Waals surface area contributed by atoms with Crippen molar-refractivity contribution >= 4 is 17.5 Å². The molecule has 0 spiro atoms. The van der Waals surface area contributed by atoms with Crippen LogP contribution in [0.3, 0.4) is 0 Å². The molecule has 1 aromatic heterocycles. The Morgan fingerprint density at radius 1 is 1.33 bits per heavy atom. The Morgan fingerprint density at radius 2 is 2.00 bits per heavy atom. The third-order valence-corrected chi connectivity index (χ3v) is 4.10. The van der Waals surface area contributed by atoms with Crippen LogP contribution in [0.4, 0.5) is 0 Å². The molecule has 130 valence electrons. The van der Waals surface area contributed by atoms with Crippen LogP contribution < -0.4 is 0 Å². The van der Waals surface area contributed by atoms with Crippen LogP contribution in [0.5, 0.6) is 0 Å². The maximum Gasteiger partial charge on any atom is 0.257 e. The molecular weight excluding hydrogens is 326 g/mol. The number of carbonyl (C=O) groups excluding carboxylic acids is 1. The maximum atomic E-state index is 12.8. The summed E-state index contributed by atoms with van der Waals surface area (Å²) in [6, 6.07) is 7.44. The number of benzene rings is 1. The number of hydrogen-bond acceptors (Lipinski definition) is 3. The Kier molecular flexibility index (Phi) is 6.40. The topological polar surface area (TPSA) is 47.4 Å². The van der Waals surface area contributed by atoms with Gasteiger partial charge < -0.3 is 9.64 Å². The zero-order valence-electron chi connectivity index (χ0n) is 14.6. The van der Waals surface area contributed by atoms with Crippen molar-refractivity contribution in [3.63, 3.8) is 0 Å². The maximum absolute atomic E-state index is 12.8. The summed E-state index contributed by atoms with van der Waals surface area (Å²) in [7, 11) is 3.47. The quantitative estimate of drug-likeness (QED) is 0.715. The van der Waals surface area contributed by atoms with E-state index in [1.807, 2.05) is 36.0 Å². The lowest BCUT2D eigenvalue weighted by atomic mass is 10.0. The normalized spacial score (nSPS) is 11.1. The number of amides is 1. The van der Waals surface area contributed by atoms with Gasteiger partial charge in [0, 0.05) is 32.3 Å². The average molecular weight is 350 g/mol. The van der Waals surface area contributed by atoms with E-state index < -0.39 is 0 Å². The fraction of sp³-hybridized carbons (Fsp3) is 0.444. The molecular formula is C18H24ClN3O2. The molecule has 0 atom stereocenters. The molecule has 0 saturated carbocycles. The van der Waals surface area contributed by atoms with E-state index in [4.69, 9.17) is 16.3 Å². The van der Waals surface area contributed by atoms with Crippen molar-refractivity contribution in [2.24, 2.45) is 0 Å². The molecule has 0 aliphatic heterocycles. The Hall–Kier alpha value is -1.85. The van der Waals surface area contributed by atoms with Crippen molar-refractivity contribution in [3.05, 3.63) is 46.7 Å². The summed E-state index contributed by atoms with van der Waals surface area (Å²) in [5.74, 6) is 0.143. The van der Waals surface area contributed by atoms with Crippen molar-refractivity contribution in [1.29, 1.82) is 0 Å². The van der Waals surface area contributed by atoms with E-state index in [1.165, 1.54) is 0 Å². The first kappa shape index (κ1) is 18.5. The van der Waals surface area contributed by atoms with Gasteiger partial charge in [-0.1, -0.05) is 25.4 Å². The second-order valence-corrected chi connectivity index (χ2v) is 6.50.